The standard InChI is InChI=1S/C23H19N5O4/c24-22(30)21(23(25)31)26-19(29)11-10-15-13-28(16-7-2-1-3-8-16)27-20(15)18-12-14-6-4-5-9-17(14)32-18/h1-13,21H,(H2,24,30)(H2,25,31)(H,26,29)/b11-10+. The maximum absolute atomic E-state index is 12.2. The number of fused-ring (bicyclic) bond motifs is 1. The summed E-state index contributed by atoms with van der Waals surface area (Å²) >= 11 is 0. The maximum atomic E-state index is 12.2. The van der Waals surface area contributed by atoms with Crippen molar-refractivity contribution >= 4 is 34.8 Å². The first-order valence-corrected chi connectivity index (χ1v) is 9.63. The number of carbonyl (C=O) groups excluding carboxylic acids is 3. The van der Waals surface area contributed by atoms with Crippen molar-refractivity contribution in [3.63, 3.8) is 0 Å². The summed E-state index contributed by atoms with van der Waals surface area (Å²) in [5, 5.41) is 7.73. The lowest BCUT2D eigenvalue weighted by Gasteiger charge is -2.09. The highest BCUT2D eigenvalue weighted by molar-refractivity contribution is 6.07. The minimum absolute atomic E-state index is 0.510. The Hall–Kier alpha value is -4.66. The van der Waals surface area contributed by atoms with Crippen LogP contribution in [0.3, 0.4) is 0 Å². The molecule has 0 atom stereocenters. The molecule has 3 amide bonds. The van der Waals surface area contributed by atoms with Gasteiger partial charge in [0.1, 0.15) is 11.3 Å². The zero-order chi connectivity index (χ0) is 22.7. The minimum Gasteiger partial charge on any atom is -0.454 e. The number of furan rings is 1. The van der Waals surface area contributed by atoms with Gasteiger partial charge in [-0.2, -0.15) is 5.10 Å². The summed E-state index contributed by atoms with van der Waals surface area (Å²) in [4.78, 5) is 34.8. The fraction of sp³-hybridized carbons (Fsp3) is 0.0435. The van der Waals surface area contributed by atoms with Crippen LogP contribution in [0.5, 0.6) is 0 Å². The van der Waals surface area contributed by atoms with Crippen LogP contribution in [0, 0.1) is 0 Å². The molecule has 32 heavy (non-hydrogen) atoms. The Morgan fingerprint density at radius 1 is 1.00 bits per heavy atom. The molecule has 0 spiro atoms. The Bertz CT molecular complexity index is 1290. The quantitative estimate of drug-likeness (QED) is 0.303. The predicted octanol–water partition coefficient (Wildman–Crippen LogP) is 1.75. The van der Waals surface area contributed by atoms with Crippen LogP contribution >= 0.6 is 0 Å². The van der Waals surface area contributed by atoms with E-state index in [-0.39, 0.29) is 0 Å². The molecule has 4 aromatic rings. The molecule has 5 N–H and O–H groups in total. The van der Waals surface area contributed by atoms with E-state index in [0.717, 1.165) is 17.1 Å². The minimum atomic E-state index is -1.60. The highest BCUT2D eigenvalue weighted by atomic mass is 16.3. The topological polar surface area (TPSA) is 146 Å². The van der Waals surface area contributed by atoms with Gasteiger partial charge in [0.25, 0.3) is 0 Å². The lowest BCUT2D eigenvalue weighted by atomic mass is 10.1. The van der Waals surface area contributed by atoms with E-state index >= 15 is 0 Å². The number of nitrogens with zero attached hydrogens (tertiary/aromatic N) is 2. The van der Waals surface area contributed by atoms with Gasteiger partial charge >= 0.3 is 0 Å². The van der Waals surface area contributed by atoms with Crippen molar-refractivity contribution in [2.75, 3.05) is 0 Å². The summed E-state index contributed by atoms with van der Waals surface area (Å²) in [7, 11) is 0. The van der Waals surface area contributed by atoms with Crippen LogP contribution in [0.25, 0.3) is 34.2 Å². The lowest BCUT2D eigenvalue weighted by molar-refractivity contribution is -0.132. The van der Waals surface area contributed by atoms with Crippen LogP contribution in [0.15, 0.2) is 77.4 Å². The number of para-hydroxylation sites is 2. The first-order chi connectivity index (χ1) is 15.4. The molecule has 9 heteroatoms. The van der Waals surface area contributed by atoms with E-state index in [2.05, 4.69) is 10.4 Å². The van der Waals surface area contributed by atoms with E-state index in [0.29, 0.717) is 22.6 Å². The van der Waals surface area contributed by atoms with Crippen LogP contribution in [0.2, 0.25) is 0 Å². The van der Waals surface area contributed by atoms with Crippen molar-refractivity contribution in [1.29, 1.82) is 0 Å². The first-order valence-electron chi connectivity index (χ1n) is 9.63. The molecule has 0 saturated carbocycles. The van der Waals surface area contributed by atoms with Crippen LogP contribution in [-0.2, 0) is 14.4 Å². The number of amides is 3. The lowest BCUT2D eigenvalue weighted by Crippen LogP contribution is -2.52. The molecule has 9 nitrogen and oxygen atoms in total. The third-order valence-corrected chi connectivity index (χ3v) is 4.69. The molecule has 0 aliphatic rings. The van der Waals surface area contributed by atoms with E-state index in [9.17, 15) is 14.4 Å². The van der Waals surface area contributed by atoms with Crippen molar-refractivity contribution in [1.82, 2.24) is 15.1 Å². The summed E-state index contributed by atoms with van der Waals surface area (Å²) in [6, 6.07) is 17.3. The zero-order valence-corrected chi connectivity index (χ0v) is 16.8. The second kappa shape index (κ2) is 8.60. The number of aromatic nitrogens is 2. The van der Waals surface area contributed by atoms with Gasteiger partial charge in [-0.05, 0) is 30.3 Å². The number of hydrogen-bond donors (Lipinski definition) is 3. The summed E-state index contributed by atoms with van der Waals surface area (Å²) in [5.41, 5.74) is 12.8. The van der Waals surface area contributed by atoms with E-state index in [1.807, 2.05) is 60.7 Å². The molecule has 4 rings (SSSR count). The monoisotopic (exact) mass is 429 g/mol. The molecule has 0 aliphatic carbocycles. The van der Waals surface area contributed by atoms with Crippen molar-refractivity contribution in [3.8, 4) is 17.1 Å². The van der Waals surface area contributed by atoms with Gasteiger partial charge in [-0.15, -0.1) is 0 Å². The van der Waals surface area contributed by atoms with Crippen LogP contribution in [-0.4, -0.2) is 33.5 Å². The Morgan fingerprint density at radius 3 is 2.38 bits per heavy atom. The van der Waals surface area contributed by atoms with Gasteiger partial charge in [-0.1, -0.05) is 36.4 Å². The average molecular weight is 429 g/mol. The molecule has 0 radical (unpaired) electrons. The normalized spacial score (nSPS) is 11.3. The largest absolute Gasteiger partial charge is 0.454 e. The molecule has 2 aromatic heterocycles. The number of rotatable bonds is 7. The number of nitrogens with two attached hydrogens (primary N) is 2. The van der Waals surface area contributed by atoms with Gasteiger partial charge < -0.3 is 21.2 Å². The van der Waals surface area contributed by atoms with Gasteiger partial charge in [0.05, 0.1) is 5.69 Å². The Kier molecular flexibility index (Phi) is 5.54. The second-order valence-electron chi connectivity index (χ2n) is 6.94. The highest BCUT2D eigenvalue weighted by Crippen LogP contribution is 2.30. The van der Waals surface area contributed by atoms with Crippen molar-refractivity contribution < 1.29 is 18.8 Å². The molecule has 2 aromatic carbocycles. The Morgan fingerprint density at radius 2 is 1.69 bits per heavy atom. The average Bonchev–Trinajstić information content (AvgIpc) is 3.40. The summed E-state index contributed by atoms with van der Waals surface area (Å²) in [6.07, 6.45) is 4.40. The number of carbonyl (C=O) groups is 3. The van der Waals surface area contributed by atoms with Gasteiger partial charge in [-0.25, -0.2) is 4.68 Å². The zero-order valence-electron chi connectivity index (χ0n) is 16.8. The molecule has 2 heterocycles. The number of nitrogens with one attached hydrogen (secondary N) is 1. The number of hydrogen-bond acceptors (Lipinski definition) is 5. The second-order valence-corrected chi connectivity index (χ2v) is 6.94. The molecule has 0 saturated heterocycles. The Balaban J connectivity index is 1.70. The highest BCUT2D eigenvalue weighted by Gasteiger charge is 2.23. The summed E-state index contributed by atoms with van der Waals surface area (Å²) < 4.78 is 7.61. The Labute approximate surface area is 182 Å². The van der Waals surface area contributed by atoms with Crippen molar-refractivity contribution in [3.05, 3.63) is 78.5 Å². The SMILES string of the molecule is NC(=O)C(NC(=O)/C=C/c1cn(-c2ccccc2)nc1-c1cc2ccccc2o1)C(N)=O. The first kappa shape index (κ1) is 20.6. The van der Waals surface area contributed by atoms with E-state index in [4.69, 9.17) is 15.9 Å². The fourth-order valence-electron chi connectivity index (χ4n) is 3.15. The van der Waals surface area contributed by atoms with Crippen LogP contribution in [0.1, 0.15) is 5.56 Å². The third-order valence-electron chi connectivity index (χ3n) is 4.69. The smallest absolute Gasteiger partial charge is 0.249 e. The van der Waals surface area contributed by atoms with E-state index in [1.165, 1.54) is 6.08 Å². The molecular formula is C23H19N5O4. The van der Waals surface area contributed by atoms with E-state index in [1.54, 1.807) is 10.9 Å². The van der Waals surface area contributed by atoms with Gasteiger partial charge in [-0.3, -0.25) is 14.4 Å². The van der Waals surface area contributed by atoms with Crippen molar-refractivity contribution in [2.45, 2.75) is 6.04 Å². The molecule has 0 fully saturated rings. The van der Waals surface area contributed by atoms with Crippen LogP contribution < -0.4 is 16.8 Å². The van der Waals surface area contributed by atoms with Gasteiger partial charge in [0.15, 0.2) is 11.8 Å². The number of benzene rings is 2. The van der Waals surface area contributed by atoms with Crippen molar-refractivity contribution in [2.24, 2.45) is 11.5 Å². The van der Waals surface area contributed by atoms with Gasteiger partial charge in [0, 0.05) is 23.2 Å². The predicted molar refractivity (Wildman–Crippen MR) is 118 cm³/mol. The maximum Gasteiger partial charge on any atom is 0.249 e. The van der Waals surface area contributed by atoms with Gasteiger partial charge in [0.2, 0.25) is 17.7 Å². The fourth-order valence-corrected chi connectivity index (χ4v) is 3.15. The molecule has 160 valence electrons. The summed E-state index contributed by atoms with van der Waals surface area (Å²) in [5.74, 6) is -2.28. The molecular weight excluding hydrogens is 410 g/mol. The molecule has 0 unspecified atom stereocenters. The number of primary amides is 2. The van der Waals surface area contributed by atoms with Crippen LogP contribution in [0.4, 0.5) is 0 Å². The van der Waals surface area contributed by atoms with E-state index < -0.39 is 23.8 Å². The third kappa shape index (κ3) is 4.26. The molecule has 0 aliphatic heterocycles. The summed E-state index contributed by atoms with van der Waals surface area (Å²) in [6.45, 7) is 0. The molecule has 0 bridgehead atoms.